The maximum atomic E-state index is 12.7. The minimum atomic E-state index is -3.88. The molecule has 6 nitrogen and oxygen atoms in total. The molecule has 2 aromatic carbocycles. The van der Waals surface area contributed by atoms with Crippen molar-refractivity contribution in [2.45, 2.75) is 30.7 Å². The Kier molecular flexibility index (Phi) is 3.92. The summed E-state index contributed by atoms with van der Waals surface area (Å²) in [7, 11) is -3.88. The summed E-state index contributed by atoms with van der Waals surface area (Å²) in [6, 6.07) is 9.31. The number of benzene rings is 2. The zero-order chi connectivity index (χ0) is 18.6. The molecule has 0 aromatic heterocycles. The topological polar surface area (TPSA) is 83.6 Å². The molecule has 1 aliphatic heterocycles. The standard InChI is InChI=1S/C18H15BrN2O4S/c1-10-8-12(3-7-15(10)19)20-17(22)11-2-6-14-16(9-11)26(24,25)21(18(14)23)13-4-5-13/h2-3,6-9,13H,4-5H2,1H3,(H,20,22). The lowest BCUT2D eigenvalue weighted by molar-refractivity contribution is 0.0864. The second-order valence-corrected chi connectivity index (χ2v) is 9.10. The van der Waals surface area contributed by atoms with Crippen molar-refractivity contribution in [3.05, 3.63) is 57.6 Å². The lowest BCUT2D eigenvalue weighted by Gasteiger charge is -2.13. The summed E-state index contributed by atoms with van der Waals surface area (Å²) >= 11 is 3.40. The van der Waals surface area contributed by atoms with Crippen molar-refractivity contribution in [2.75, 3.05) is 5.32 Å². The van der Waals surface area contributed by atoms with Crippen molar-refractivity contribution in [3.8, 4) is 0 Å². The molecule has 2 aliphatic rings. The molecular weight excluding hydrogens is 420 g/mol. The van der Waals surface area contributed by atoms with E-state index in [4.69, 9.17) is 0 Å². The Bertz CT molecular complexity index is 1060. The maximum absolute atomic E-state index is 12.7. The van der Waals surface area contributed by atoms with Crippen LogP contribution in [0.25, 0.3) is 0 Å². The Morgan fingerprint density at radius 2 is 1.92 bits per heavy atom. The van der Waals surface area contributed by atoms with Crippen LogP contribution in [0.4, 0.5) is 5.69 Å². The molecular formula is C18H15BrN2O4S. The van der Waals surface area contributed by atoms with E-state index in [1.807, 2.05) is 19.1 Å². The molecule has 1 heterocycles. The van der Waals surface area contributed by atoms with Gasteiger partial charge in [-0.15, -0.1) is 0 Å². The Labute approximate surface area is 159 Å². The quantitative estimate of drug-likeness (QED) is 0.802. The van der Waals surface area contributed by atoms with Gasteiger partial charge >= 0.3 is 0 Å². The highest BCUT2D eigenvalue weighted by Crippen LogP contribution is 2.39. The van der Waals surface area contributed by atoms with Crippen LogP contribution in [-0.4, -0.2) is 30.6 Å². The third kappa shape index (κ3) is 2.73. The molecule has 0 radical (unpaired) electrons. The highest BCUT2D eigenvalue weighted by atomic mass is 79.9. The molecule has 1 fully saturated rings. The molecule has 4 rings (SSSR count). The summed E-state index contributed by atoms with van der Waals surface area (Å²) in [5.41, 5.74) is 1.89. The number of halogens is 1. The van der Waals surface area contributed by atoms with Gasteiger partial charge in [-0.05, 0) is 61.7 Å². The van der Waals surface area contributed by atoms with Gasteiger partial charge in [0.25, 0.3) is 21.8 Å². The fourth-order valence-corrected chi connectivity index (χ4v) is 5.07. The predicted molar refractivity (Wildman–Crippen MR) is 99.7 cm³/mol. The third-order valence-electron chi connectivity index (χ3n) is 4.51. The number of aryl methyl sites for hydroxylation is 1. The van der Waals surface area contributed by atoms with Gasteiger partial charge in [0.1, 0.15) is 4.90 Å². The van der Waals surface area contributed by atoms with Crippen molar-refractivity contribution < 1.29 is 18.0 Å². The second kappa shape index (κ2) is 5.92. The summed E-state index contributed by atoms with van der Waals surface area (Å²) in [5.74, 6) is -0.931. The molecule has 1 aliphatic carbocycles. The molecule has 8 heteroatoms. The van der Waals surface area contributed by atoms with Crippen molar-refractivity contribution in [1.82, 2.24) is 4.31 Å². The second-order valence-electron chi connectivity index (χ2n) is 6.47. The number of nitrogens with one attached hydrogen (secondary N) is 1. The smallest absolute Gasteiger partial charge is 0.269 e. The molecule has 0 saturated heterocycles. The number of amides is 2. The minimum Gasteiger partial charge on any atom is -0.322 e. The van der Waals surface area contributed by atoms with Crippen LogP contribution in [0.3, 0.4) is 0 Å². The fourth-order valence-electron chi connectivity index (χ4n) is 2.98. The zero-order valence-corrected chi connectivity index (χ0v) is 16.2. The fraction of sp³-hybridized carbons (Fsp3) is 0.222. The van der Waals surface area contributed by atoms with E-state index in [0.717, 1.165) is 14.3 Å². The number of hydrogen-bond acceptors (Lipinski definition) is 4. The van der Waals surface area contributed by atoms with Crippen LogP contribution in [0, 0.1) is 6.92 Å². The van der Waals surface area contributed by atoms with Gasteiger partial charge in [0, 0.05) is 21.8 Å². The number of hydrogen-bond donors (Lipinski definition) is 1. The van der Waals surface area contributed by atoms with E-state index in [0.29, 0.717) is 18.5 Å². The van der Waals surface area contributed by atoms with Crippen LogP contribution in [0.5, 0.6) is 0 Å². The molecule has 1 N–H and O–H groups in total. The SMILES string of the molecule is Cc1cc(NC(=O)c2ccc3c(c2)S(=O)(=O)N(C2CC2)C3=O)ccc1Br. The first-order chi connectivity index (χ1) is 12.3. The monoisotopic (exact) mass is 434 g/mol. The van der Waals surface area contributed by atoms with E-state index in [1.54, 1.807) is 6.07 Å². The van der Waals surface area contributed by atoms with Crippen LogP contribution >= 0.6 is 15.9 Å². The van der Waals surface area contributed by atoms with Gasteiger partial charge in [0.2, 0.25) is 0 Å². The van der Waals surface area contributed by atoms with E-state index in [9.17, 15) is 18.0 Å². The summed E-state index contributed by atoms with van der Waals surface area (Å²) < 4.78 is 27.2. The van der Waals surface area contributed by atoms with Gasteiger partial charge in [-0.2, -0.15) is 0 Å². The number of anilines is 1. The van der Waals surface area contributed by atoms with Crippen molar-refractivity contribution >= 4 is 43.5 Å². The van der Waals surface area contributed by atoms with E-state index in [2.05, 4.69) is 21.2 Å². The first kappa shape index (κ1) is 17.2. The van der Waals surface area contributed by atoms with Crippen molar-refractivity contribution in [3.63, 3.8) is 0 Å². The van der Waals surface area contributed by atoms with Crippen LogP contribution in [0.2, 0.25) is 0 Å². The van der Waals surface area contributed by atoms with Gasteiger partial charge in [0.05, 0.1) is 5.56 Å². The minimum absolute atomic E-state index is 0.0889. The molecule has 26 heavy (non-hydrogen) atoms. The Hall–Kier alpha value is -2.19. The van der Waals surface area contributed by atoms with Crippen LogP contribution in [0.1, 0.15) is 39.1 Å². The first-order valence-electron chi connectivity index (χ1n) is 8.09. The van der Waals surface area contributed by atoms with E-state index in [1.165, 1.54) is 18.2 Å². The molecule has 0 spiro atoms. The predicted octanol–water partition coefficient (Wildman–Crippen LogP) is 3.32. The number of sulfonamides is 1. The Balaban J connectivity index is 1.66. The average Bonchev–Trinajstić information content (AvgIpc) is 3.39. The van der Waals surface area contributed by atoms with Crippen molar-refractivity contribution in [2.24, 2.45) is 0 Å². The largest absolute Gasteiger partial charge is 0.322 e. The van der Waals surface area contributed by atoms with Crippen LogP contribution in [0.15, 0.2) is 45.8 Å². The van der Waals surface area contributed by atoms with Gasteiger partial charge < -0.3 is 5.32 Å². The van der Waals surface area contributed by atoms with E-state index < -0.39 is 21.8 Å². The highest BCUT2D eigenvalue weighted by Gasteiger charge is 2.48. The molecule has 0 atom stereocenters. The highest BCUT2D eigenvalue weighted by molar-refractivity contribution is 9.10. The molecule has 2 amide bonds. The number of rotatable bonds is 3. The van der Waals surface area contributed by atoms with Crippen molar-refractivity contribution in [1.29, 1.82) is 0 Å². The summed E-state index contributed by atoms with van der Waals surface area (Å²) in [5, 5.41) is 2.75. The molecule has 0 unspecified atom stereocenters. The lowest BCUT2D eigenvalue weighted by atomic mass is 10.1. The third-order valence-corrected chi connectivity index (χ3v) is 7.27. The molecule has 1 saturated carbocycles. The summed E-state index contributed by atoms with van der Waals surface area (Å²) in [6.45, 7) is 1.90. The van der Waals surface area contributed by atoms with Gasteiger partial charge in [-0.3, -0.25) is 9.59 Å². The van der Waals surface area contributed by atoms with E-state index in [-0.39, 0.29) is 22.1 Å². The molecule has 0 bridgehead atoms. The molecule has 134 valence electrons. The number of fused-ring (bicyclic) bond motifs is 1. The van der Waals surface area contributed by atoms with Crippen LogP contribution in [-0.2, 0) is 10.0 Å². The summed E-state index contributed by atoms with van der Waals surface area (Å²) in [4.78, 5) is 24.8. The number of nitrogens with zero attached hydrogens (tertiary/aromatic N) is 1. The lowest BCUT2D eigenvalue weighted by Crippen LogP contribution is -2.31. The molecule has 2 aromatic rings. The number of carbonyl (C=O) groups excluding carboxylic acids is 2. The first-order valence-corrected chi connectivity index (χ1v) is 10.3. The Morgan fingerprint density at radius 3 is 2.58 bits per heavy atom. The zero-order valence-electron chi connectivity index (χ0n) is 13.8. The maximum Gasteiger partial charge on any atom is 0.269 e. The van der Waals surface area contributed by atoms with Gasteiger partial charge in [-0.1, -0.05) is 15.9 Å². The number of carbonyl (C=O) groups is 2. The summed E-state index contributed by atoms with van der Waals surface area (Å²) in [6.07, 6.45) is 1.38. The Morgan fingerprint density at radius 1 is 1.19 bits per heavy atom. The normalized spacial score (nSPS) is 17.9. The van der Waals surface area contributed by atoms with Gasteiger partial charge in [-0.25, -0.2) is 12.7 Å². The average molecular weight is 435 g/mol. The van der Waals surface area contributed by atoms with E-state index >= 15 is 0 Å². The van der Waals surface area contributed by atoms with Crippen LogP contribution < -0.4 is 5.32 Å². The van der Waals surface area contributed by atoms with Gasteiger partial charge in [0.15, 0.2) is 0 Å².